The van der Waals surface area contributed by atoms with Gasteiger partial charge < -0.3 is 14.9 Å². The average Bonchev–Trinajstić information content (AvgIpc) is 2.56. The Morgan fingerprint density at radius 2 is 1.96 bits per heavy atom. The summed E-state index contributed by atoms with van der Waals surface area (Å²) >= 11 is 0. The molecule has 1 heterocycles. The number of benzene rings is 2. The molecular formula is C19H18N2O3. The van der Waals surface area contributed by atoms with Gasteiger partial charge in [-0.05, 0) is 43.2 Å². The zero-order valence-electron chi connectivity index (χ0n) is 13.8. The number of methoxy groups -OCH3 is 1. The van der Waals surface area contributed by atoms with Crippen LogP contribution in [-0.2, 0) is 0 Å². The van der Waals surface area contributed by atoms with E-state index >= 15 is 0 Å². The first kappa shape index (κ1) is 15.8. The second kappa shape index (κ2) is 6.20. The molecule has 1 amide bonds. The zero-order valence-corrected chi connectivity index (χ0v) is 13.8. The minimum absolute atomic E-state index is 0.174. The van der Waals surface area contributed by atoms with Crippen molar-refractivity contribution in [2.24, 2.45) is 10.7 Å². The van der Waals surface area contributed by atoms with Gasteiger partial charge in [-0.15, -0.1) is 0 Å². The van der Waals surface area contributed by atoms with Crippen LogP contribution in [0.5, 0.6) is 5.75 Å². The van der Waals surface area contributed by atoms with Crippen molar-refractivity contribution in [1.82, 2.24) is 0 Å². The molecular weight excluding hydrogens is 304 g/mol. The van der Waals surface area contributed by atoms with Crippen molar-refractivity contribution in [2.45, 2.75) is 13.8 Å². The van der Waals surface area contributed by atoms with Gasteiger partial charge in [-0.2, -0.15) is 0 Å². The zero-order chi connectivity index (χ0) is 17.3. The Balaban J connectivity index is 2.36. The van der Waals surface area contributed by atoms with Crippen LogP contribution in [0, 0.1) is 13.8 Å². The number of carbonyl (C=O) groups excluding carboxylic acids is 1. The van der Waals surface area contributed by atoms with Crippen molar-refractivity contribution in [3.8, 4) is 5.75 Å². The predicted octanol–water partition coefficient (Wildman–Crippen LogP) is 3.39. The SMILES string of the molecule is COc1cccc2cc(C(N)=O)c(=Nc3cc(C)ccc3C)oc12. The van der Waals surface area contributed by atoms with Gasteiger partial charge in [-0.1, -0.05) is 24.3 Å². The number of carbonyl (C=O) groups is 1. The molecule has 1 aromatic heterocycles. The molecule has 2 aromatic carbocycles. The van der Waals surface area contributed by atoms with Gasteiger partial charge in [-0.25, -0.2) is 4.99 Å². The number of hydrogen-bond acceptors (Lipinski definition) is 4. The van der Waals surface area contributed by atoms with Gasteiger partial charge in [0.2, 0.25) is 5.55 Å². The molecule has 0 aliphatic heterocycles. The molecule has 0 saturated heterocycles. The van der Waals surface area contributed by atoms with E-state index in [1.807, 2.05) is 44.2 Å². The molecule has 24 heavy (non-hydrogen) atoms. The molecule has 0 bridgehead atoms. The molecule has 3 rings (SSSR count). The Hall–Kier alpha value is -3.08. The quantitative estimate of drug-likeness (QED) is 0.803. The minimum atomic E-state index is -0.590. The van der Waals surface area contributed by atoms with Crippen molar-refractivity contribution < 1.29 is 13.9 Å². The van der Waals surface area contributed by atoms with Crippen LogP contribution >= 0.6 is 0 Å². The number of ether oxygens (including phenoxy) is 1. The highest BCUT2D eigenvalue weighted by atomic mass is 16.5. The molecule has 0 unspecified atom stereocenters. The second-order valence-electron chi connectivity index (χ2n) is 5.61. The Bertz CT molecular complexity index is 1000. The Kier molecular flexibility index (Phi) is 4.08. The number of aryl methyl sites for hydroxylation is 2. The second-order valence-corrected chi connectivity index (χ2v) is 5.61. The lowest BCUT2D eigenvalue weighted by molar-refractivity contribution is 0.0996. The smallest absolute Gasteiger partial charge is 0.254 e. The Labute approximate surface area is 139 Å². The van der Waals surface area contributed by atoms with Crippen molar-refractivity contribution in [3.05, 3.63) is 64.7 Å². The highest BCUT2D eigenvalue weighted by Crippen LogP contribution is 2.25. The molecule has 0 fully saturated rings. The summed E-state index contributed by atoms with van der Waals surface area (Å²) in [4.78, 5) is 16.4. The van der Waals surface area contributed by atoms with Gasteiger partial charge in [0.1, 0.15) is 5.56 Å². The summed E-state index contributed by atoms with van der Waals surface area (Å²) < 4.78 is 11.2. The van der Waals surface area contributed by atoms with Crippen molar-refractivity contribution >= 4 is 22.6 Å². The van der Waals surface area contributed by atoms with E-state index in [1.54, 1.807) is 19.2 Å². The molecule has 122 valence electrons. The van der Waals surface area contributed by atoms with Crippen LogP contribution in [0.4, 0.5) is 5.69 Å². The summed E-state index contributed by atoms with van der Waals surface area (Å²) in [6.07, 6.45) is 0. The summed E-state index contributed by atoms with van der Waals surface area (Å²) in [5, 5.41) is 0.725. The van der Waals surface area contributed by atoms with Gasteiger partial charge >= 0.3 is 0 Å². The van der Waals surface area contributed by atoms with Crippen LogP contribution in [0.15, 0.2) is 51.9 Å². The number of nitrogens with two attached hydrogens (primary N) is 1. The maximum absolute atomic E-state index is 11.8. The number of hydrogen-bond donors (Lipinski definition) is 1. The van der Waals surface area contributed by atoms with E-state index in [9.17, 15) is 4.79 Å². The number of fused-ring (bicyclic) bond motifs is 1. The maximum atomic E-state index is 11.8. The van der Waals surface area contributed by atoms with E-state index < -0.39 is 5.91 Å². The third-order valence-electron chi connectivity index (χ3n) is 3.81. The van der Waals surface area contributed by atoms with Crippen LogP contribution in [0.2, 0.25) is 0 Å². The number of nitrogens with zero attached hydrogens (tertiary/aromatic N) is 1. The fourth-order valence-corrected chi connectivity index (χ4v) is 2.49. The fraction of sp³-hybridized carbons (Fsp3) is 0.158. The highest BCUT2D eigenvalue weighted by molar-refractivity contribution is 5.96. The van der Waals surface area contributed by atoms with Crippen LogP contribution in [0.25, 0.3) is 11.0 Å². The monoisotopic (exact) mass is 322 g/mol. The maximum Gasteiger partial charge on any atom is 0.254 e. The molecule has 5 heteroatoms. The van der Waals surface area contributed by atoms with Crippen molar-refractivity contribution in [3.63, 3.8) is 0 Å². The Morgan fingerprint density at radius 3 is 2.67 bits per heavy atom. The number of amides is 1. The van der Waals surface area contributed by atoms with E-state index in [0.29, 0.717) is 11.3 Å². The van der Waals surface area contributed by atoms with Crippen molar-refractivity contribution in [2.75, 3.05) is 7.11 Å². The van der Waals surface area contributed by atoms with Crippen molar-refractivity contribution in [1.29, 1.82) is 0 Å². The van der Waals surface area contributed by atoms with E-state index in [2.05, 4.69) is 4.99 Å². The van der Waals surface area contributed by atoms with E-state index in [-0.39, 0.29) is 11.1 Å². The standard InChI is InChI=1S/C19H18N2O3/c1-11-7-8-12(2)15(9-11)21-19-14(18(20)22)10-13-5-4-6-16(23-3)17(13)24-19/h4-10H,1-3H3,(H2,20,22). The minimum Gasteiger partial charge on any atom is -0.493 e. The fourth-order valence-electron chi connectivity index (χ4n) is 2.49. The third-order valence-corrected chi connectivity index (χ3v) is 3.81. The topological polar surface area (TPSA) is 77.8 Å². The molecule has 0 spiro atoms. The summed E-state index contributed by atoms with van der Waals surface area (Å²) in [5.41, 5.74) is 9.22. The van der Waals surface area contributed by atoms with Gasteiger partial charge in [0.25, 0.3) is 5.91 Å². The van der Waals surface area contributed by atoms with Gasteiger partial charge in [0.05, 0.1) is 12.8 Å². The summed E-state index contributed by atoms with van der Waals surface area (Å²) in [7, 11) is 1.56. The lowest BCUT2D eigenvalue weighted by Crippen LogP contribution is -2.21. The van der Waals surface area contributed by atoms with Gasteiger partial charge in [-0.3, -0.25) is 4.79 Å². The van der Waals surface area contributed by atoms with E-state index in [1.165, 1.54) is 0 Å². The molecule has 0 saturated carbocycles. The first-order chi connectivity index (χ1) is 11.5. The lowest BCUT2D eigenvalue weighted by atomic mass is 10.1. The van der Waals surface area contributed by atoms with Crippen LogP contribution in [0.1, 0.15) is 21.5 Å². The summed E-state index contributed by atoms with van der Waals surface area (Å²) in [6.45, 7) is 3.93. The normalized spacial score (nSPS) is 11.7. The lowest BCUT2D eigenvalue weighted by Gasteiger charge is -2.07. The summed E-state index contributed by atoms with van der Waals surface area (Å²) in [6, 6.07) is 13.0. The van der Waals surface area contributed by atoms with Gasteiger partial charge in [0.15, 0.2) is 11.3 Å². The molecule has 3 aromatic rings. The first-order valence-electron chi connectivity index (χ1n) is 7.52. The molecule has 5 nitrogen and oxygen atoms in total. The van der Waals surface area contributed by atoms with E-state index in [4.69, 9.17) is 14.9 Å². The van der Waals surface area contributed by atoms with E-state index in [0.717, 1.165) is 22.2 Å². The van der Waals surface area contributed by atoms with Crippen LogP contribution in [-0.4, -0.2) is 13.0 Å². The largest absolute Gasteiger partial charge is 0.493 e. The number of rotatable bonds is 3. The average molecular weight is 322 g/mol. The van der Waals surface area contributed by atoms with Crippen LogP contribution in [0.3, 0.4) is 0 Å². The first-order valence-corrected chi connectivity index (χ1v) is 7.52. The third kappa shape index (κ3) is 2.88. The number of primary amides is 1. The Morgan fingerprint density at radius 1 is 1.17 bits per heavy atom. The molecule has 0 aliphatic rings. The molecule has 0 aliphatic carbocycles. The summed E-state index contributed by atoms with van der Waals surface area (Å²) in [5.74, 6) is -0.0199. The van der Waals surface area contributed by atoms with Crippen LogP contribution < -0.4 is 16.0 Å². The highest BCUT2D eigenvalue weighted by Gasteiger charge is 2.12. The predicted molar refractivity (Wildman–Crippen MR) is 92.4 cm³/mol. The molecule has 0 atom stereocenters. The number of para-hydroxylation sites is 1. The molecule has 0 radical (unpaired) electrons. The van der Waals surface area contributed by atoms with Gasteiger partial charge in [0, 0.05) is 5.39 Å². The molecule has 2 N–H and O–H groups in total.